The first kappa shape index (κ1) is 13.0. The Morgan fingerprint density at radius 1 is 1.00 bits per heavy atom. The van der Waals surface area contributed by atoms with Gasteiger partial charge in [-0.1, -0.05) is 12.1 Å². The van der Waals surface area contributed by atoms with Gasteiger partial charge < -0.3 is 5.73 Å². The van der Waals surface area contributed by atoms with Crippen molar-refractivity contribution in [1.82, 2.24) is 10.2 Å². The zero-order valence-corrected chi connectivity index (χ0v) is 9.48. The van der Waals surface area contributed by atoms with Gasteiger partial charge in [0.05, 0.1) is 11.3 Å². The van der Waals surface area contributed by atoms with Gasteiger partial charge in [0.25, 0.3) is 5.91 Å². The number of alkyl halides is 3. The lowest BCUT2D eigenvalue weighted by Crippen LogP contribution is -2.13. The third-order valence-corrected chi connectivity index (χ3v) is 2.42. The fourth-order valence-corrected chi connectivity index (χ4v) is 1.45. The summed E-state index contributed by atoms with van der Waals surface area (Å²) < 4.78 is 37.2. The summed E-state index contributed by atoms with van der Waals surface area (Å²) in [4.78, 5) is 10.8. The minimum atomic E-state index is -4.37. The molecule has 1 aromatic carbocycles. The van der Waals surface area contributed by atoms with Crippen LogP contribution in [0.1, 0.15) is 16.1 Å². The van der Waals surface area contributed by atoms with Crippen molar-refractivity contribution in [2.45, 2.75) is 6.18 Å². The van der Waals surface area contributed by atoms with Crippen LogP contribution in [0.4, 0.5) is 13.2 Å². The highest BCUT2D eigenvalue weighted by atomic mass is 19.4. The zero-order chi connectivity index (χ0) is 14.0. The summed E-state index contributed by atoms with van der Waals surface area (Å²) in [5.41, 5.74) is 5.09. The summed E-state index contributed by atoms with van der Waals surface area (Å²) >= 11 is 0. The SMILES string of the molecule is NC(=O)c1ccc(-c2ccc(C(F)(F)F)cc2)nn1. The molecule has 19 heavy (non-hydrogen) atoms. The fraction of sp³-hybridized carbons (Fsp3) is 0.0833. The molecule has 0 saturated carbocycles. The molecule has 0 aliphatic rings. The molecule has 4 nitrogen and oxygen atoms in total. The van der Waals surface area contributed by atoms with E-state index in [9.17, 15) is 18.0 Å². The first-order valence-corrected chi connectivity index (χ1v) is 5.19. The molecule has 0 saturated heterocycles. The van der Waals surface area contributed by atoms with Crippen LogP contribution in [-0.2, 0) is 6.18 Å². The van der Waals surface area contributed by atoms with Crippen molar-refractivity contribution < 1.29 is 18.0 Å². The van der Waals surface area contributed by atoms with Crippen molar-refractivity contribution in [2.24, 2.45) is 5.73 Å². The Balaban J connectivity index is 2.30. The Labute approximate surface area is 106 Å². The third-order valence-electron chi connectivity index (χ3n) is 2.42. The number of hydrogen-bond acceptors (Lipinski definition) is 3. The van der Waals surface area contributed by atoms with E-state index in [1.807, 2.05) is 0 Å². The number of carbonyl (C=O) groups excluding carboxylic acids is 1. The number of carbonyl (C=O) groups is 1. The van der Waals surface area contributed by atoms with E-state index < -0.39 is 17.6 Å². The molecule has 1 heterocycles. The topological polar surface area (TPSA) is 68.9 Å². The highest BCUT2D eigenvalue weighted by Gasteiger charge is 2.29. The summed E-state index contributed by atoms with van der Waals surface area (Å²) in [5, 5.41) is 7.31. The highest BCUT2D eigenvalue weighted by molar-refractivity contribution is 5.90. The van der Waals surface area contributed by atoms with E-state index in [0.29, 0.717) is 11.3 Å². The smallest absolute Gasteiger partial charge is 0.364 e. The Morgan fingerprint density at radius 3 is 2.05 bits per heavy atom. The van der Waals surface area contributed by atoms with Crippen LogP contribution < -0.4 is 5.73 Å². The normalized spacial score (nSPS) is 11.3. The van der Waals surface area contributed by atoms with Crippen molar-refractivity contribution in [3.8, 4) is 11.3 Å². The number of benzene rings is 1. The summed E-state index contributed by atoms with van der Waals surface area (Å²) in [6.45, 7) is 0. The number of rotatable bonds is 2. The van der Waals surface area contributed by atoms with E-state index in [1.165, 1.54) is 24.3 Å². The molecule has 0 unspecified atom stereocenters. The van der Waals surface area contributed by atoms with Crippen molar-refractivity contribution in [3.63, 3.8) is 0 Å². The lowest BCUT2D eigenvalue weighted by Gasteiger charge is -2.07. The summed E-state index contributed by atoms with van der Waals surface area (Å²) in [7, 11) is 0. The Kier molecular flexibility index (Phi) is 3.20. The van der Waals surface area contributed by atoms with Gasteiger partial charge in [-0.05, 0) is 24.3 Å². The first-order valence-electron chi connectivity index (χ1n) is 5.19. The average Bonchev–Trinajstić information content (AvgIpc) is 2.38. The quantitative estimate of drug-likeness (QED) is 0.907. The average molecular weight is 267 g/mol. The van der Waals surface area contributed by atoms with Crippen LogP contribution in [0.3, 0.4) is 0 Å². The molecule has 0 fully saturated rings. The van der Waals surface area contributed by atoms with Gasteiger partial charge in [-0.25, -0.2) is 0 Å². The van der Waals surface area contributed by atoms with Gasteiger partial charge in [0.2, 0.25) is 0 Å². The van der Waals surface area contributed by atoms with E-state index in [-0.39, 0.29) is 5.69 Å². The Bertz CT molecular complexity index is 591. The van der Waals surface area contributed by atoms with Crippen LogP contribution in [-0.4, -0.2) is 16.1 Å². The highest BCUT2D eigenvalue weighted by Crippen LogP contribution is 2.30. The number of nitrogens with two attached hydrogens (primary N) is 1. The molecule has 1 aromatic heterocycles. The van der Waals surface area contributed by atoms with E-state index in [4.69, 9.17) is 5.73 Å². The predicted molar refractivity (Wildman–Crippen MR) is 61.0 cm³/mol. The van der Waals surface area contributed by atoms with Crippen molar-refractivity contribution >= 4 is 5.91 Å². The summed E-state index contributed by atoms with van der Waals surface area (Å²) in [6, 6.07) is 7.32. The maximum Gasteiger partial charge on any atom is 0.416 e. The first-order chi connectivity index (χ1) is 8.88. The number of halogens is 3. The summed E-state index contributed by atoms with van der Waals surface area (Å²) in [6.07, 6.45) is -4.37. The lowest BCUT2D eigenvalue weighted by molar-refractivity contribution is -0.137. The molecular weight excluding hydrogens is 259 g/mol. The number of hydrogen-bond donors (Lipinski definition) is 1. The second-order valence-electron chi connectivity index (χ2n) is 3.74. The molecule has 0 atom stereocenters. The molecule has 0 spiro atoms. The molecule has 0 bridgehead atoms. The van der Waals surface area contributed by atoms with Crippen LogP contribution in [0, 0.1) is 0 Å². The fourth-order valence-electron chi connectivity index (χ4n) is 1.45. The van der Waals surface area contributed by atoms with Crippen molar-refractivity contribution in [2.75, 3.05) is 0 Å². The van der Waals surface area contributed by atoms with Crippen LogP contribution in [0.25, 0.3) is 11.3 Å². The van der Waals surface area contributed by atoms with Gasteiger partial charge in [0.1, 0.15) is 0 Å². The van der Waals surface area contributed by atoms with Gasteiger partial charge in [0, 0.05) is 5.56 Å². The molecule has 2 N–H and O–H groups in total. The molecule has 2 rings (SSSR count). The van der Waals surface area contributed by atoms with Gasteiger partial charge in [-0.2, -0.15) is 13.2 Å². The van der Waals surface area contributed by atoms with Crippen molar-refractivity contribution in [1.29, 1.82) is 0 Å². The Morgan fingerprint density at radius 2 is 1.63 bits per heavy atom. The zero-order valence-electron chi connectivity index (χ0n) is 9.48. The number of amides is 1. The Hall–Kier alpha value is -2.44. The maximum absolute atomic E-state index is 12.4. The second kappa shape index (κ2) is 4.68. The second-order valence-corrected chi connectivity index (χ2v) is 3.74. The largest absolute Gasteiger partial charge is 0.416 e. The molecule has 1 amide bonds. The van der Waals surface area contributed by atoms with Gasteiger partial charge in [-0.3, -0.25) is 4.79 Å². The third kappa shape index (κ3) is 2.87. The van der Waals surface area contributed by atoms with Gasteiger partial charge in [-0.15, -0.1) is 10.2 Å². The van der Waals surface area contributed by atoms with Crippen LogP contribution in [0.2, 0.25) is 0 Å². The van der Waals surface area contributed by atoms with E-state index in [0.717, 1.165) is 12.1 Å². The maximum atomic E-state index is 12.4. The van der Waals surface area contributed by atoms with Gasteiger partial charge in [0.15, 0.2) is 5.69 Å². The van der Waals surface area contributed by atoms with Crippen LogP contribution >= 0.6 is 0 Å². The van der Waals surface area contributed by atoms with Crippen molar-refractivity contribution in [3.05, 3.63) is 47.7 Å². The molecule has 7 heteroatoms. The molecule has 0 radical (unpaired) electrons. The minimum Gasteiger partial charge on any atom is -0.364 e. The molecule has 0 aliphatic carbocycles. The number of aromatic nitrogens is 2. The predicted octanol–water partition coefficient (Wildman–Crippen LogP) is 2.26. The van der Waals surface area contributed by atoms with Crippen LogP contribution in [0.5, 0.6) is 0 Å². The lowest BCUT2D eigenvalue weighted by atomic mass is 10.1. The number of primary amides is 1. The van der Waals surface area contributed by atoms with Gasteiger partial charge >= 0.3 is 6.18 Å². The monoisotopic (exact) mass is 267 g/mol. The molecule has 2 aromatic rings. The van der Waals surface area contributed by atoms with Crippen LogP contribution in [0.15, 0.2) is 36.4 Å². The molecule has 0 aliphatic heterocycles. The van der Waals surface area contributed by atoms with E-state index in [2.05, 4.69) is 10.2 Å². The summed E-state index contributed by atoms with van der Waals surface area (Å²) in [5.74, 6) is -0.716. The molecule has 98 valence electrons. The number of nitrogens with zero attached hydrogens (tertiary/aromatic N) is 2. The molecular formula is C12H8F3N3O. The standard InChI is InChI=1S/C12H8F3N3O/c13-12(14,15)8-3-1-7(2-4-8)9-5-6-10(11(16)19)18-17-9/h1-6H,(H2,16,19). The van der Waals surface area contributed by atoms with E-state index in [1.54, 1.807) is 0 Å². The van der Waals surface area contributed by atoms with E-state index >= 15 is 0 Å². The minimum absolute atomic E-state index is 0.00402.